The number of carboxylic acid groups (broad SMARTS) is 1. The predicted molar refractivity (Wildman–Crippen MR) is 57.8 cm³/mol. The molecule has 1 aromatic carbocycles. The molecule has 1 aromatic rings. The van der Waals surface area contributed by atoms with Crippen LogP contribution < -0.4 is 5.73 Å². The summed E-state index contributed by atoms with van der Waals surface area (Å²) >= 11 is 0. The Bertz CT molecular complexity index is 491. The number of benzene rings is 1. The highest BCUT2D eigenvalue weighted by Gasteiger charge is 2.08. The Balaban J connectivity index is 0.000000331. The first-order valence-corrected chi connectivity index (χ1v) is 5.66. The molecule has 0 saturated carbocycles. The van der Waals surface area contributed by atoms with Crippen molar-refractivity contribution in [1.29, 1.82) is 0 Å². The predicted octanol–water partition coefficient (Wildman–Crippen LogP) is 0.301. The quantitative estimate of drug-likeness (QED) is 0.677. The van der Waals surface area contributed by atoms with E-state index in [1.807, 2.05) is 0 Å². The number of aliphatic carboxylic acids is 1. The van der Waals surface area contributed by atoms with Crippen LogP contribution in [-0.4, -0.2) is 36.7 Å². The lowest BCUT2D eigenvalue weighted by atomic mass is 10.4. The molecular formula is C9H12FNO5S. The average Bonchev–Trinajstić information content (AvgIpc) is 2.30. The Labute approximate surface area is 99.0 Å². The number of halogens is 1. The number of nitrogens with two attached hydrogens (primary N) is 1. The third-order valence-electron chi connectivity index (χ3n) is 1.46. The first-order valence-electron chi connectivity index (χ1n) is 4.72. The van der Waals surface area contributed by atoms with Gasteiger partial charge in [0.25, 0.3) is 10.1 Å². The molecule has 0 heterocycles. The van der Waals surface area contributed by atoms with Crippen molar-refractivity contribution < 1.29 is 28.6 Å². The molecule has 0 saturated heterocycles. The van der Waals surface area contributed by atoms with E-state index in [1.165, 1.54) is 12.1 Å². The normalized spacial score (nSPS) is 14.9. The van der Waals surface area contributed by atoms with Gasteiger partial charge in [0.05, 0.1) is 6.27 Å². The van der Waals surface area contributed by atoms with Crippen LogP contribution in [0.5, 0.6) is 0 Å². The second-order valence-corrected chi connectivity index (χ2v) is 4.17. The fourth-order valence-electron chi connectivity index (χ4n) is 0.650. The number of hydrogen-bond acceptors (Lipinski definition) is 4. The second kappa shape index (κ2) is 6.94. The lowest BCUT2D eigenvalue weighted by Crippen LogP contribution is -2.31. The van der Waals surface area contributed by atoms with Gasteiger partial charge in [-0.2, -0.15) is 8.42 Å². The number of hydrogen-bond donors (Lipinski definition) is 3. The van der Waals surface area contributed by atoms with Crippen molar-refractivity contribution in [3.05, 3.63) is 30.3 Å². The second-order valence-electron chi connectivity index (χ2n) is 2.75. The van der Waals surface area contributed by atoms with E-state index in [0.717, 1.165) is 0 Å². The van der Waals surface area contributed by atoms with Crippen molar-refractivity contribution in [3.8, 4) is 0 Å². The molecule has 0 aliphatic heterocycles. The molecule has 6 nitrogen and oxygen atoms in total. The molecule has 1 atom stereocenters. The zero-order valence-electron chi connectivity index (χ0n) is 9.58. The molecule has 0 spiro atoms. The van der Waals surface area contributed by atoms with Gasteiger partial charge in [-0.3, -0.25) is 9.35 Å². The van der Waals surface area contributed by atoms with Crippen molar-refractivity contribution in [1.82, 2.24) is 0 Å². The Morgan fingerprint density at radius 3 is 2.12 bits per heavy atom. The number of carboxylic acids is 1. The van der Waals surface area contributed by atoms with Crippen molar-refractivity contribution in [2.45, 2.75) is 10.9 Å². The van der Waals surface area contributed by atoms with Crippen LogP contribution in [-0.2, 0) is 14.9 Å². The maximum absolute atomic E-state index is 11.3. The number of rotatable bonds is 3. The maximum atomic E-state index is 11.3. The van der Waals surface area contributed by atoms with E-state index >= 15 is 0 Å². The van der Waals surface area contributed by atoms with Gasteiger partial charge in [0.2, 0.25) is 0 Å². The number of carbonyl (C=O) groups is 1. The Morgan fingerprint density at radius 1 is 1.47 bits per heavy atom. The van der Waals surface area contributed by atoms with E-state index in [2.05, 4.69) is 5.73 Å². The lowest BCUT2D eigenvalue weighted by Gasteiger charge is -1.94. The molecule has 0 fully saturated rings. The van der Waals surface area contributed by atoms with Gasteiger partial charge in [-0.05, 0) is 12.1 Å². The summed E-state index contributed by atoms with van der Waals surface area (Å²) in [5.74, 6) is -1.65. The smallest absolute Gasteiger partial charge is 0.323 e. The van der Waals surface area contributed by atoms with Gasteiger partial charge < -0.3 is 10.8 Å². The van der Waals surface area contributed by atoms with Crippen LogP contribution in [0.3, 0.4) is 0 Å². The third-order valence-corrected chi connectivity index (χ3v) is 2.33. The Hall–Kier alpha value is -1.51. The van der Waals surface area contributed by atoms with E-state index in [9.17, 15) is 17.6 Å². The summed E-state index contributed by atoms with van der Waals surface area (Å²) < 4.78 is 47.0. The summed E-state index contributed by atoms with van der Waals surface area (Å²) in [5.41, 5.74) is 4.55. The molecule has 8 heteroatoms. The monoisotopic (exact) mass is 266 g/mol. The van der Waals surface area contributed by atoms with Gasteiger partial charge in [-0.15, -0.1) is 0 Å². The van der Waals surface area contributed by atoms with Crippen LogP contribution >= 0.6 is 0 Å². The van der Waals surface area contributed by atoms with Gasteiger partial charge in [0, 0.05) is 0 Å². The van der Waals surface area contributed by atoms with Crippen LogP contribution in [0.25, 0.3) is 0 Å². The molecule has 0 aromatic heterocycles. The molecule has 0 bridgehead atoms. The minimum absolute atomic E-state index is 0.0741. The average molecular weight is 266 g/mol. The zero-order valence-corrected chi connectivity index (χ0v) is 9.39. The minimum Gasteiger partial charge on any atom is -0.480 e. The topological polar surface area (TPSA) is 118 Å². The van der Waals surface area contributed by atoms with Gasteiger partial charge in [0.1, 0.15) is 12.7 Å². The van der Waals surface area contributed by atoms with Crippen LogP contribution in [0, 0.1) is 0 Å². The Kier molecular flexibility index (Phi) is 5.53. The molecule has 4 N–H and O–H groups in total. The summed E-state index contributed by atoms with van der Waals surface area (Å²) in [6, 6.07) is 4.96. The van der Waals surface area contributed by atoms with Crippen molar-refractivity contribution in [2.24, 2.45) is 5.73 Å². The SMILES string of the molecule is O=S(=O)(O)c1ccccc1.[2H]C(N)(CF)C(=O)O. The van der Waals surface area contributed by atoms with Crippen molar-refractivity contribution in [2.75, 3.05) is 6.67 Å². The highest BCUT2D eigenvalue weighted by atomic mass is 32.2. The first-order chi connectivity index (χ1) is 8.11. The van der Waals surface area contributed by atoms with E-state index in [1.54, 1.807) is 18.2 Å². The van der Waals surface area contributed by atoms with Gasteiger partial charge >= 0.3 is 5.97 Å². The fourth-order valence-corrected chi connectivity index (χ4v) is 1.15. The highest BCUT2D eigenvalue weighted by Crippen LogP contribution is 2.05. The Morgan fingerprint density at radius 2 is 1.94 bits per heavy atom. The standard InChI is InChI=1S/C6H6O3S.C3H6FNO2/c7-10(8,9)6-4-2-1-3-5-6;4-1-2(5)3(6)7/h1-5H,(H,7,8,9);2H,1,5H2,(H,6,7)/i;2D. The molecule has 0 radical (unpaired) electrons. The molecule has 1 unspecified atom stereocenters. The summed E-state index contributed by atoms with van der Waals surface area (Å²) in [6.45, 7) is -1.37. The first kappa shape index (κ1) is 13.6. The highest BCUT2D eigenvalue weighted by molar-refractivity contribution is 7.85. The minimum atomic E-state index is -4.00. The largest absolute Gasteiger partial charge is 0.480 e. The van der Waals surface area contributed by atoms with Gasteiger partial charge in [0.15, 0.2) is 0 Å². The maximum Gasteiger partial charge on any atom is 0.323 e. The van der Waals surface area contributed by atoms with Crippen molar-refractivity contribution >= 4 is 16.1 Å². The molecular weight excluding hydrogens is 253 g/mol. The summed E-state index contributed by atoms with van der Waals surface area (Å²) in [6.07, 6.45) is 0. The van der Waals surface area contributed by atoms with Gasteiger partial charge in [-0.25, -0.2) is 4.39 Å². The van der Waals surface area contributed by atoms with E-state index in [4.69, 9.17) is 11.0 Å². The van der Waals surface area contributed by atoms with E-state index in [0.29, 0.717) is 0 Å². The third kappa shape index (κ3) is 6.61. The van der Waals surface area contributed by atoms with Crippen LogP contribution in [0.2, 0.25) is 0 Å². The molecule has 0 aliphatic rings. The van der Waals surface area contributed by atoms with Crippen LogP contribution in [0.1, 0.15) is 1.37 Å². The van der Waals surface area contributed by atoms with Gasteiger partial charge in [-0.1, -0.05) is 18.2 Å². The molecule has 0 aliphatic carbocycles. The summed E-state index contributed by atoms with van der Waals surface area (Å²) in [4.78, 5) is 9.63. The summed E-state index contributed by atoms with van der Waals surface area (Å²) in [7, 11) is -4.00. The van der Waals surface area contributed by atoms with Crippen LogP contribution in [0.15, 0.2) is 35.2 Å². The lowest BCUT2D eigenvalue weighted by molar-refractivity contribution is -0.138. The van der Waals surface area contributed by atoms with E-state index in [-0.39, 0.29) is 4.90 Å². The summed E-state index contributed by atoms with van der Waals surface area (Å²) in [5, 5.41) is 7.89. The number of alkyl halides is 1. The molecule has 17 heavy (non-hydrogen) atoms. The fraction of sp³-hybridized carbons (Fsp3) is 0.222. The van der Waals surface area contributed by atoms with E-state index < -0.39 is 28.8 Å². The molecule has 96 valence electrons. The van der Waals surface area contributed by atoms with Crippen molar-refractivity contribution in [3.63, 3.8) is 0 Å². The zero-order chi connectivity index (χ0) is 14.4. The molecule has 0 amide bonds. The van der Waals surface area contributed by atoms with Crippen LogP contribution in [0.4, 0.5) is 4.39 Å². The molecule has 1 rings (SSSR count).